The SMILES string of the molecule is [CH2-]CCCN1/C(=C/C=C2\CCCC(/C=C/C3=[N+](CC[CH2-])c4ccc(S(=O)(=O)[O-])cc4C3(C)C)=C2Oc2ccc(CCC(=O)C(C)C)cc2)C(C)(C)c2cc(S(=O)(=O)[O-])ccc21.[Na+].[Na+]. The number of fused-ring (bicyclic) bond motifs is 2. The van der Waals surface area contributed by atoms with Crippen molar-refractivity contribution in [3.8, 4) is 5.75 Å². The first kappa shape index (κ1) is 53.0. The van der Waals surface area contributed by atoms with Crippen LogP contribution in [0.2, 0.25) is 0 Å². The summed E-state index contributed by atoms with van der Waals surface area (Å²) >= 11 is 0. The quantitative estimate of drug-likeness (QED) is 0.0912. The van der Waals surface area contributed by atoms with Crippen LogP contribution in [0.1, 0.15) is 103 Å². The number of carbonyl (C=O) groups is 1. The van der Waals surface area contributed by atoms with Crippen LogP contribution in [-0.4, -0.2) is 55.1 Å². The average Bonchev–Trinajstić information content (AvgIpc) is 3.55. The summed E-state index contributed by atoms with van der Waals surface area (Å²) in [6.45, 7) is 21.3. The molecule has 2 heterocycles. The number of hydrogen-bond donors (Lipinski definition) is 0. The van der Waals surface area contributed by atoms with Gasteiger partial charge in [-0.1, -0.05) is 52.3 Å². The van der Waals surface area contributed by atoms with Crippen LogP contribution >= 0.6 is 0 Å². The Labute approximate surface area is 419 Å². The van der Waals surface area contributed by atoms with Crippen molar-refractivity contribution in [3.63, 3.8) is 0 Å². The van der Waals surface area contributed by atoms with Crippen LogP contribution in [-0.2, 0) is 42.3 Å². The minimum Gasteiger partial charge on any atom is -0.744 e. The maximum Gasteiger partial charge on any atom is 1.00 e. The summed E-state index contributed by atoms with van der Waals surface area (Å²) in [4.78, 5) is 14.0. The van der Waals surface area contributed by atoms with Crippen LogP contribution in [0.5, 0.6) is 5.75 Å². The van der Waals surface area contributed by atoms with E-state index in [4.69, 9.17) is 4.74 Å². The second-order valence-corrected chi connectivity index (χ2v) is 20.2. The van der Waals surface area contributed by atoms with E-state index in [1.807, 2.05) is 65.8 Å². The van der Waals surface area contributed by atoms with E-state index in [1.54, 1.807) is 12.1 Å². The third-order valence-electron chi connectivity index (χ3n) is 12.1. The van der Waals surface area contributed by atoms with Crippen LogP contribution in [0.4, 0.5) is 11.4 Å². The molecule has 0 amide bonds. The van der Waals surface area contributed by atoms with Crippen molar-refractivity contribution in [1.29, 1.82) is 0 Å². The van der Waals surface area contributed by atoms with E-state index in [1.165, 1.54) is 24.3 Å². The molecule has 0 N–H and O–H groups in total. The van der Waals surface area contributed by atoms with Crippen LogP contribution in [0.3, 0.4) is 0 Å². The number of hydrogen-bond acceptors (Lipinski definition) is 9. The fourth-order valence-corrected chi connectivity index (χ4v) is 9.63. The summed E-state index contributed by atoms with van der Waals surface area (Å²) < 4.78 is 81.4. The molecule has 1 aliphatic carbocycles. The number of ketones is 1. The molecule has 326 valence electrons. The van der Waals surface area contributed by atoms with Gasteiger partial charge in [-0.15, -0.1) is 6.42 Å². The predicted molar refractivity (Wildman–Crippen MR) is 238 cm³/mol. The summed E-state index contributed by atoms with van der Waals surface area (Å²) in [5.74, 6) is 1.55. The van der Waals surface area contributed by atoms with Crippen molar-refractivity contribution in [2.45, 2.75) is 114 Å². The zero-order valence-electron chi connectivity index (χ0n) is 38.1. The average molecular weight is 912 g/mol. The molecule has 63 heavy (non-hydrogen) atoms. The zero-order chi connectivity index (χ0) is 44.5. The van der Waals surface area contributed by atoms with E-state index in [9.17, 15) is 30.7 Å². The second kappa shape index (κ2) is 21.3. The Hall–Kier alpha value is -2.62. The molecule has 0 aromatic heterocycles. The Morgan fingerprint density at radius 3 is 2.08 bits per heavy atom. The van der Waals surface area contributed by atoms with Gasteiger partial charge in [0.15, 0.2) is 5.71 Å². The van der Waals surface area contributed by atoms with Crippen LogP contribution in [0, 0.1) is 19.8 Å². The Morgan fingerprint density at radius 2 is 1.48 bits per heavy atom. The van der Waals surface area contributed by atoms with Crippen molar-refractivity contribution < 1.29 is 99.2 Å². The van der Waals surface area contributed by atoms with Crippen molar-refractivity contribution in [1.82, 2.24) is 0 Å². The second-order valence-electron chi connectivity index (χ2n) is 17.4. The van der Waals surface area contributed by atoms with Gasteiger partial charge in [-0.3, -0.25) is 4.79 Å². The largest absolute Gasteiger partial charge is 1.00 e. The summed E-state index contributed by atoms with van der Waals surface area (Å²) in [6.07, 6.45) is 13.8. The Kier molecular flexibility index (Phi) is 18.0. The van der Waals surface area contributed by atoms with Crippen molar-refractivity contribution >= 4 is 43.1 Å². The molecule has 0 radical (unpaired) electrons. The molecular weight excluding hydrogens is 855 g/mol. The monoisotopic (exact) mass is 911 g/mol. The summed E-state index contributed by atoms with van der Waals surface area (Å²) in [6, 6.07) is 17.0. The zero-order valence-corrected chi connectivity index (χ0v) is 43.8. The number of nitrogens with zero attached hydrogens (tertiary/aromatic N) is 2. The van der Waals surface area contributed by atoms with Gasteiger partial charge in [-0.25, -0.2) is 16.8 Å². The molecule has 3 aromatic rings. The maximum absolute atomic E-state index is 12.3. The number of Topliss-reactive ketones (excluding diaryl/α,β-unsaturated/α-hetero) is 1. The maximum atomic E-state index is 12.3. The molecule has 14 heteroatoms. The number of carbonyl (C=O) groups excluding carboxylic acids is 1. The summed E-state index contributed by atoms with van der Waals surface area (Å²) in [5, 5.41) is 0. The van der Waals surface area contributed by atoms with Gasteiger partial charge in [0, 0.05) is 53.4 Å². The van der Waals surface area contributed by atoms with Gasteiger partial charge >= 0.3 is 59.1 Å². The molecule has 3 aromatic carbocycles. The first-order valence-electron chi connectivity index (χ1n) is 21.0. The topological polar surface area (TPSA) is 147 Å². The molecule has 0 unspecified atom stereocenters. The molecule has 0 saturated heterocycles. The van der Waals surface area contributed by atoms with Gasteiger partial charge in [-0.2, -0.15) is 11.0 Å². The smallest absolute Gasteiger partial charge is 0.744 e. The molecule has 0 atom stereocenters. The molecule has 0 fully saturated rings. The van der Waals surface area contributed by atoms with Gasteiger partial charge in [0.1, 0.15) is 44.1 Å². The molecule has 0 spiro atoms. The van der Waals surface area contributed by atoms with E-state index in [-0.39, 0.29) is 80.6 Å². The molecule has 3 aliphatic rings. The molecule has 0 bridgehead atoms. The van der Waals surface area contributed by atoms with Gasteiger partial charge in [0.05, 0.1) is 15.2 Å². The van der Waals surface area contributed by atoms with E-state index in [0.717, 1.165) is 76.3 Å². The number of benzene rings is 3. The number of anilines is 1. The van der Waals surface area contributed by atoms with Crippen molar-refractivity contribution in [2.24, 2.45) is 5.92 Å². The minimum absolute atomic E-state index is 0. The third kappa shape index (κ3) is 11.7. The Morgan fingerprint density at radius 1 is 0.841 bits per heavy atom. The number of unbranched alkanes of at least 4 members (excludes halogenated alkanes) is 1. The van der Waals surface area contributed by atoms with Gasteiger partial charge in [0.2, 0.25) is 5.69 Å². The fraction of sp³-hybridized carbons (Fsp3) is 0.388. The fourth-order valence-electron chi connectivity index (χ4n) is 8.64. The van der Waals surface area contributed by atoms with Crippen molar-refractivity contribution in [2.75, 3.05) is 18.0 Å². The van der Waals surface area contributed by atoms with Crippen LogP contribution < -0.4 is 68.8 Å². The predicted octanol–water partition coefficient (Wildman–Crippen LogP) is 3.56. The number of aryl methyl sites for hydroxylation is 1. The van der Waals surface area contributed by atoms with E-state index in [2.05, 4.69) is 47.6 Å². The molecular formula is C49H57N2Na2O8S2-. The molecule has 2 aliphatic heterocycles. The Balaban J connectivity index is 0.00000436. The standard InChI is InChI=1S/C49H59N2O8S2.2Na/c1-9-11-30-51-43-25-23-39(61(56,57)58)32-41(43)49(7,8)46(51)28-19-36-14-12-13-35(47(36)59-37-20-15-34(16-21-37)17-26-44(52)33(3)4)18-27-45-48(5,6)40-31-38(60(53,54)55)22-24-42(40)50(45)29-10-2;;/h15-16,18-25,27-28,31-33H,1-2,9-14,17,26,29-30H2,3-8H3,(H,53,54,55)(H,56,57,58);;/q-1;2*+1/p-2. The molecule has 0 saturated carbocycles. The van der Waals surface area contributed by atoms with E-state index < -0.39 is 31.1 Å². The first-order chi connectivity index (χ1) is 28.7. The molecule has 6 rings (SSSR count). The number of rotatable bonds is 16. The van der Waals surface area contributed by atoms with E-state index in [0.29, 0.717) is 50.3 Å². The van der Waals surface area contributed by atoms with Crippen LogP contribution in [0.15, 0.2) is 117 Å². The number of ether oxygens (including phenoxy) is 1. The molecule has 10 nitrogen and oxygen atoms in total. The van der Waals surface area contributed by atoms with Crippen LogP contribution in [0.25, 0.3) is 0 Å². The van der Waals surface area contributed by atoms with E-state index >= 15 is 0 Å². The number of allylic oxidation sites excluding steroid dienone is 7. The summed E-state index contributed by atoms with van der Waals surface area (Å²) in [5.41, 5.74) is 6.78. The minimum atomic E-state index is -4.66. The van der Waals surface area contributed by atoms with Gasteiger partial charge < -0.3 is 32.6 Å². The van der Waals surface area contributed by atoms with Gasteiger partial charge in [0.25, 0.3) is 0 Å². The Bertz CT molecular complexity index is 2590. The third-order valence-corrected chi connectivity index (χ3v) is 13.8. The van der Waals surface area contributed by atoms with Crippen molar-refractivity contribution in [3.05, 3.63) is 138 Å². The summed E-state index contributed by atoms with van der Waals surface area (Å²) in [7, 11) is -9.32. The first-order valence-corrected chi connectivity index (χ1v) is 23.8. The van der Waals surface area contributed by atoms with Gasteiger partial charge in [-0.05, 0) is 116 Å². The normalized spacial score (nSPS) is 18.2.